The molecule has 0 radical (unpaired) electrons. The Morgan fingerprint density at radius 3 is 2.33 bits per heavy atom. The van der Waals surface area contributed by atoms with Crippen molar-refractivity contribution >= 4 is 35.0 Å². The molecule has 2 saturated heterocycles. The van der Waals surface area contributed by atoms with E-state index in [0.717, 1.165) is 18.8 Å². The van der Waals surface area contributed by atoms with Crippen LogP contribution in [0.15, 0.2) is 47.0 Å². The number of carbonyl (C=O) groups excluding carboxylic acids is 1. The van der Waals surface area contributed by atoms with Crippen LogP contribution in [0.1, 0.15) is 26.2 Å². The van der Waals surface area contributed by atoms with Gasteiger partial charge in [-0.25, -0.2) is 0 Å². The van der Waals surface area contributed by atoms with Crippen LogP contribution in [0.3, 0.4) is 0 Å². The number of piperazine rings is 1. The summed E-state index contributed by atoms with van der Waals surface area (Å²) in [5.41, 5.74) is -3.03. The predicted molar refractivity (Wildman–Crippen MR) is 145 cm³/mol. The number of alkyl halides is 6. The van der Waals surface area contributed by atoms with Gasteiger partial charge in [-0.2, -0.15) is 26.3 Å². The number of rotatable bonds is 7. The Bertz CT molecular complexity index is 1100. The van der Waals surface area contributed by atoms with E-state index in [2.05, 4.69) is 15.1 Å². The topological polar surface area (TPSA) is 38.8 Å². The van der Waals surface area contributed by atoms with Gasteiger partial charge in [-0.05, 0) is 55.3 Å². The fourth-order valence-corrected chi connectivity index (χ4v) is 6.16. The van der Waals surface area contributed by atoms with Gasteiger partial charge in [0.1, 0.15) is 0 Å². The van der Waals surface area contributed by atoms with Crippen LogP contribution in [0.5, 0.6) is 0 Å². The Morgan fingerprint density at radius 1 is 1.07 bits per heavy atom. The molecule has 40 heavy (non-hydrogen) atoms. The van der Waals surface area contributed by atoms with Crippen LogP contribution in [0.25, 0.3) is 0 Å². The molecule has 2 fully saturated rings. The maximum Gasteiger partial charge on any atom is 0.446 e. The molecule has 0 aromatic heterocycles. The molecule has 1 amide bonds. The van der Waals surface area contributed by atoms with Gasteiger partial charge in [-0.1, -0.05) is 30.7 Å². The highest BCUT2D eigenvalue weighted by atomic mass is 35.5. The molecule has 5 nitrogen and oxygen atoms in total. The molecule has 3 aliphatic rings. The number of nitrogens with one attached hydrogen (secondary N) is 1. The lowest BCUT2D eigenvalue weighted by atomic mass is 9.98. The molecule has 2 heterocycles. The first-order valence-electron chi connectivity index (χ1n) is 13.3. The van der Waals surface area contributed by atoms with E-state index in [1.807, 2.05) is 11.8 Å². The van der Waals surface area contributed by atoms with Crippen LogP contribution in [0.2, 0.25) is 5.02 Å². The molecule has 4 rings (SSSR count). The summed E-state index contributed by atoms with van der Waals surface area (Å²) in [7, 11) is 0. The zero-order valence-electron chi connectivity index (χ0n) is 22.1. The second-order valence-corrected chi connectivity index (χ2v) is 12.0. The van der Waals surface area contributed by atoms with Crippen molar-refractivity contribution in [1.82, 2.24) is 14.7 Å². The van der Waals surface area contributed by atoms with E-state index in [9.17, 15) is 31.1 Å². The minimum atomic E-state index is -4.42. The Hall–Kier alpha value is -2.05. The summed E-state index contributed by atoms with van der Waals surface area (Å²) in [6.45, 7) is 6.49. The maximum absolute atomic E-state index is 13.1. The van der Waals surface area contributed by atoms with Gasteiger partial charge in [0.25, 0.3) is 0 Å². The average Bonchev–Trinajstić information content (AvgIpc) is 2.90. The van der Waals surface area contributed by atoms with Crippen molar-refractivity contribution < 1.29 is 31.1 Å². The molecule has 1 N–H and O–H groups in total. The number of carbonyl (C=O) groups is 1. The number of hydrogen-bond acceptors (Lipinski definition) is 5. The van der Waals surface area contributed by atoms with Crippen molar-refractivity contribution in [2.24, 2.45) is 11.8 Å². The number of amides is 1. The number of benzene rings is 1. The van der Waals surface area contributed by atoms with Crippen LogP contribution in [0.4, 0.5) is 32.0 Å². The molecular formula is C27H33ClF6N4OS. The fraction of sp³-hybridized carbons (Fsp3) is 0.593. The van der Waals surface area contributed by atoms with Crippen molar-refractivity contribution in [3.63, 3.8) is 0 Å². The van der Waals surface area contributed by atoms with Crippen LogP contribution in [-0.4, -0.2) is 84.1 Å². The number of nitrogens with zero attached hydrogens (tertiary/aromatic N) is 3. The highest BCUT2D eigenvalue weighted by Gasteiger charge is 2.38. The highest BCUT2D eigenvalue weighted by Crippen LogP contribution is 2.41. The molecule has 2 unspecified atom stereocenters. The Kier molecular flexibility index (Phi) is 9.93. The number of thioether (sulfide) groups is 1. The molecule has 0 bridgehead atoms. The van der Waals surface area contributed by atoms with Crippen molar-refractivity contribution in [1.29, 1.82) is 0 Å². The maximum atomic E-state index is 13.1. The Morgan fingerprint density at radius 2 is 1.75 bits per heavy atom. The third-order valence-electron chi connectivity index (χ3n) is 7.53. The van der Waals surface area contributed by atoms with Gasteiger partial charge < -0.3 is 15.1 Å². The first kappa shape index (κ1) is 30.9. The SMILES string of the molecule is CC(CN1CCN(C2=CCC(C(F)(F)F)C=C2)CC1)C(=O)N1CCC(Nc2ccc(Cl)c(SC(F)(F)F)c2)CC1. The van der Waals surface area contributed by atoms with E-state index >= 15 is 0 Å². The van der Waals surface area contributed by atoms with E-state index in [4.69, 9.17) is 11.6 Å². The number of hydrogen-bond donors (Lipinski definition) is 1. The van der Waals surface area contributed by atoms with E-state index in [1.165, 1.54) is 18.2 Å². The van der Waals surface area contributed by atoms with Crippen molar-refractivity contribution in [2.45, 2.75) is 48.8 Å². The van der Waals surface area contributed by atoms with Gasteiger partial charge >= 0.3 is 11.7 Å². The van der Waals surface area contributed by atoms with E-state index in [1.54, 1.807) is 18.2 Å². The van der Waals surface area contributed by atoms with Gasteiger partial charge in [0.2, 0.25) is 5.91 Å². The van der Waals surface area contributed by atoms with E-state index < -0.39 is 17.6 Å². The van der Waals surface area contributed by atoms with Crippen LogP contribution in [0, 0.1) is 11.8 Å². The van der Waals surface area contributed by atoms with Gasteiger partial charge in [-0.3, -0.25) is 9.69 Å². The molecular weight excluding hydrogens is 578 g/mol. The van der Waals surface area contributed by atoms with Crippen LogP contribution in [-0.2, 0) is 4.79 Å². The lowest BCUT2D eigenvalue weighted by Gasteiger charge is -2.39. The third-order valence-corrected chi connectivity index (χ3v) is 8.76. The monoisotopic (exact) mass is 610 g/mol. The fourth-order valence-electron chi connectivity index (χ4n) is 5.33. The summed E-state index contributed by atoms with van der Waals surface area (Å²) in [5, 5.41) is 3.32. The van der Waals surface area contributed by atoms with Crippen molar-refractivity contribution in [2.75, 3.05) is 51.1 Å². The summed E-state index contributed by atoms with van der Waals surface area (Å²) < 4.78 is 77.0. The summed E-state index contributed by atoms with van der Waals surface area (Å²) in [5.74, 6) is -1.54. The number of halogens is 7. The largest absolute Gasteiger partial charge is 0.446 e. The molecule has 2 atom stereocenters. The van der Waals surface area contributed by atoms with Gasteiger partial charge in [0.05, 0.1) is 10.9 Å². The Balaban J connectivity index is 1.19. The minimum absolute atomic E-state index is 0.0342. The predicted octanol–water partition coefficient (Wildman–Crippen LogP) is 6.63. The lowest BCUT2D eigenvalue weighted by molar-refractivity contribution is -0.160. The molecule has 222 valence electrons. The van der Waals surface area contributed by atoms with Crippen molar-refractivity contribution in [3.8, 4) is 0 Å². The summed E-state index contributed by atoms with van der Waals surface area (Å²) >= 11 is 5.68. The van der Waals surface area contributed by atoms with Gasteiger partial charge in [-0.15, -0.1) is 0 Å². The smallest absolute Gasteiger partial charge is 0.382 e. The third kappa shape index (κ3) is 8.48. The molecule has 2 aliphatic heterocycles. The molecule has 0 saturated carbocycles. The van der Waals surface area contributed by atoms with E-state index in [-0.39, 0.29) is 46.0 Å². The number of piperidine rings is 1. The first-order chi connectivity index (χ1) is 18.8. The zero-order chi connectivity index (χ0) is 29.1. The minimum Gasteiger partial charge on any atom is -0.382 e. The normalized spacial score (nSPS) is 22.3. The Labute approximate surface area is 239 Å². The molecule has 0 spiro atoms. The number of anilines is 1. The molecule has 13 heteroatoms. The lowest BCUT2D eigenvalue weighted by Crippen LogP contribution is -2.50. The van der Waals surface area contributed by atoms with Crippen LogP contribution >= 0.6 is 23.4 Å². The molecule has 1 aliphatic carbocycles. The average molecular weight is 611 g/mol. The van der Waals surface area contributed by atoms with Crippen molar-refractivity contribution in [3.05, 3.63) is 47.1 Å². The molecule has 1 aromatic carbocycles. The summed E-state index contributed by atoms with van der Waals surface area (Å²) in [4.78, 5) is 19.2. The quantitative estimate of drug-likeness (QED) is 0.277. The van der Waals surface area contributed by atoms with Gasteiger partial charge in [0, 0.05) is 74.1 Å². The molecule has 1 aromatic rings. The van der Waals surface area contributed by atoms with E-state index in [0.29, 0.717) is 51.3 Å². The zero-order valence-corrected chi connectivity index (χ0v) is 23.6. The highest BCUT2D eigenvalue weighted by molar-refractivity contribution is 8.00. The van der Waals surface area contributed by atoms with Gasteiger partial charge in [0.15, 0.2) is 0 Å². The summed E-state index contributed by atoms with van der Waals surface area (Å²) in [6.07, 6.45) is 1.57. The second-order valence-electron chi connectivity index (χ2n) is 10.5. The first-order valence-corrected chi connectivity index (χ1v) is 14.5. The number of likely N-dealkylation sites (tertiary alicyclic amines) is 1. The number of allylic oxidation sites excluding steroid dienone is 3. The van der Waals surface area contributed by atoms with Crippen LogP contribution < -0.4 is 5.32 Å². The standard InChI is InChI=1S/C27H33ClF6N4OS/c1-18(17-36-12-14-37(15-13-36)22-5-2-19(3-6-22)26(29,30)31)25(39)38-10-8-20(9-11-38)35-21-4-7-23(28)24(16-21)40-27(32,33)34/h2,4-7,16,18-20,35H,3,8-15,17H2,1H3. The second kappa shape index (κ2) is 12.9. The summed E-state index contributed by atoms with van der Waals surface area (Å²) in [6, 6.07) is 4.54.